The summed E-state index contributed by atoms with van der Waals surface area (Å²) in [4.78, 5) is 6.06. The van der Waals surface area contributed by atoms with Gasteiger partial charge in [0.1, 0.15) is 5.82 Å². The number of anilines is 1. The van der Waals surface area contributed by atoms with E-state index in [0.717, 1.165) is 6.42 Å². The fourth-order valence-corrected chi connectivity index (χ4v) is 5.33. The third-order valence-corrected chi connectivity index (χ3v) is 6.17. The largest absolute Gasteiger partial charge is 0.369 e. The van der Waals surface area contributed by atoms with Gasteiger partial charge in [-0.05, 0) is 43.5 Å². The van der Waals surface area contributed by atoms with Crippen molar-refractivity contribution in [3.63, 3.8) is 0 Å². The maximum Gasteiger partial charge on any atom is 0.196 e. The molecule has 7 heteroatoms. The first-order valence-corrected chi connectivity index (χ1v) is 8.85. The molecule has 1 fully saturated rings. The molecule has 0 saturated heterocycles. The Bertz CT molecular complexity index is 687. The molecular weight excluding hydrogens is 293 g/mol. The number of hydrogen-bond donors (Lipinski definition) is 1. The van der Waals surface area contributed by atoms with Gasteiger partial charge in [-0.2, -0.15) is 0 Å². The van der Waals surface area contributed by atoms with Gasteiger partial charge >= 0.3 is 0 Å². The fourth-order valence-electron chi connectivity index (χ4n) is 3.64. The molecule has 1 aromatic carbocycles. The Labute approximate surface area is 123 Å². The zero-order valence-electron chi connectivity index (χ0n) is 11.8. The number of nitrogens with two attached hydrogens (primary N) is 1. The highest BCUT2D eigenvalue weighted by Crippen LogP contribution is 2.44. The fraction of sp³-hybridized carbons (Fsp3) is 0.500. The molecule has 21 heavy (non-hydrogen) atoms. The molecule has 1 aliphatic carbocycles. The minimum Gasteiger partial charge on any atom is -0.369 e. The third-order valence-electron chi connectivity index (χ3n) is 4.47. The summed E-state index contributed by atoms with van der Waals surface area (Å²) in [5.74, 6) is -0.0363. The van der Waals surface area contributed by atoms with E-state index in [9.17, 15) is 12.8 Å². The Hall–Kier alpha value is -1.63. The van der Waals surface area contributed by atoms with Crippen LogP contribution in [0.25, 0.3) is 0 Å². The van der Waals surface area contributed by atoms with Gasteiger partial charge in [-0.1, -0.05) is 0 Å². The van der Waals surface area contributed by atoms with E-state index in [0.29, 0.717) is 31.0 Å². The summed E-state index contributed by atoms with van der Waals surface area (Å²) in [6.07, 6.45) is 3.41. The third kappa shape index (κ3) is 2.19. The Kier molecular flexibility index (Phi) is 3.20. The van der Waals surface area contributed by atoms with Gasteiger partial charge in [0.2, 0.25) is 0 Å². The lowest BCUT2D eigenvalue weighted by Crippen LogP contribution is -2.58. The van der Waals surface area contributed by atoms with Crippen molar-refractivity contribution >= 4 is 21.5 Å². The van der Waals surface area contributed by atoms with Crippen LogP contribution in [0.15, 0.2) is 29.3 Å². The summed E-state index contributed by atoms with van der Waals surface area (Å²) in [6.45, 7) is 0.369. The number of halogens is 1. The molecule has 3 rings (SSSR count). The lowest BCUT2D eigenvalue weighted by atomic mass is 9.95. The average molecular weight is 311 g/mol. The average Bonchev–Trinajstić information content (AvgIpc) is 2.97. The first-order valence-electron chi connectivity index (χ1n) is 6.89. The molecule has 1 aliphatic heterocycles. The second-order valence-corrected chi connectivity index (χ2v) is 8.03. The maximum atomic E-state index is 13.1. The van der Waals surface area contributed by atoms with Crippen molar-refractivity contribution < 1.29 is 12.8 Å². The van der Waals surface area contributed by atoms with Crippen molar-refractivity contribution in [3.8, 4) is 0 Å². The number of rotatable bonds is 2. The van der Waals surface area contributed by atoms with Crippen LogP contribution in [-0.2, 0) is 9.84 Å². The molecule has 1 saturated carbocycles. The van der Waals surface area contributed by atoms with Crippen LogP contribution < -0.4 is 10.6 Å². The van der Waals surface area contributed by atoms with Crippen molar-refractivity contribution in [1.29, 1.82) is 0 Å². The summed E-state index contributed by atoms with van der Waals surface area (Å²) in [5, 5.41) is -0.500. The Morgan fingerprint density at radius 2 is 2.05 bits per heavy atom. The maximum absolute atomic E-state index is 13.1. The molecule has 0 bridgehead atoms. The highest BCUT2D eigenvalue weighted by molar-refractivity contribution is 7.91. The number of sulfone groups is 1. The predicted octanol–water partition coefficient (Wildman–Crippen LogP) is 1.30. The van der Waals surface area contributed by atoms with E-state index in [1.165, 1.54) is 18.4 Å². The van der Waals surface area contributed by atoms with E-state index in [4.69, 9.17) is 5.73 Å². The Morgan fingerprint density at radius 1 is 1.38 bits per heavy atom. The smallest absolute Gasteiger partial charge is 0.196 e. The van der Waals surface area contributed by atoms with Gasteiger partial charge in [0, 0.05) is 11.9 Å². The van der Waals surface area contributed by atoms with E-state index in [1.807, 2.05) is 0 Å². The normalized spacial score (nSPS) is 29.1. The molecular formula is C14H18FN3O2S. The van der Waals surface area contributed by atoms with Crippen LogP contribution in [0.4, 0.5) is 10.1 Å². The van der Waals surface area contributed by atoms with Crippen molar-refractivity contribution in [2.24, 2.45) is 10.7 Å². The van der Waals surface area contributed by atoms with Gasteiger partial charge in [0.05, 0.1) is 17.3 Å². The monoisotopic (exact) mass is 311 g/mol. The minimum absolute atomic E-state index is 0.303. The van der Waals surface area contributed by atoms with Crippen LogP contribution in [0.3, 0.4) is 0 Å². The molecule has 114 valence electrons. The van der Waals surface area contributed by atoms with Gasteiger partial charge in [-0.15, -0.1) is 0 Å². The Morgan fingerprint density at radius 3 is 2.67 bits per heavy atom. The predicted molar refractivity (Wildman–Crippen MR) is 80.6 cm³/mol. The van der Waals surface area contributed by atoms with Crippen LogP contribution in [0.2, 0.25) is 0 Å². The molecule has 1 heterocycles. The molecule has 1 spiro atoms. The number of aliphatic imine (C=N–C) groups is 1. The van der Waals surface area contributed by atoms with Crippen LogP contribution in [-0.4, -0.2) is 38.0 Å². The standard InChI is InChI=1S/C14H18FN3O2S/c1-21(19,20)12-3-2-8-14(12)9-17-13(16)18(14)11-6-4-10(15)5-7-11/h4-7,12H,2-3,8-9H2,1H3,(H2,16,17). The lowest BCUT2D eigenvalue weighted by molar-refractivity contribution is 0.461. The van der Waals surface area contributed by atoms with E-state index in [1.54, 1.807) is 17.0 Å². The van der Waals surface area contributed by atoms with Crippen LogP contribution >= 0.6 is 0 Å². The van der Waals surface area contributed by atoms with Crippen LogP contribution in [0.1, 0.15) is 19.3 Å². The summed E-state index contributed by atoms with van der Waals surface area (Å²) in [5.41, 5.74) is 6.05. The molecule has 0 amide bonds. The topological polar surface area (TPSA) is 75.8 Å². The van der Waals surface area contributed by atoms with Crippen molar-refractivity contribution in [2.45, 2.75) is 30.1 Å². The van der Waals surface area contributed by atoms with E-state index in [2.05, 4.69) is 4.99 Å². The second kappa shape index (κ2) is 4.69. The first-order chi connectivity index (χ1) is 9.84. The molecule has 2 N–H and O–H groups in total. The van der Waals surface area contributed by atoms with E-state index >= 15 is 0 Å². The molecule has 0 aromatic heterocycles. The molecule has 5 nitrogen and oxygen atoms in total. The molecule has 2 unspecified atom stereocenters. The molecule has 0 radical (unpaired) electrons. The van der Waals surface area contributed by atoms with Crippen molar-refractivity contribution in [2.75, 3.05) is 17.7 Å². The summed E-state index contributed by atoms with van der Waals surface area (Å²) in [6, 6.07) is 5.92. The number of nitrogens with zero attached hydrogens (tertiary/aromatic N) is 2. The van der Waals surface area contributed by atoms with Crippen LogP contribution in [0.5, 0.6) is 0 Å². The van der Waals surface area contributed by atoms with Gasteiger partial charge in [-0.3, -0.25) is 4.99 Å². The summed E-state index contributed by atoms with van der Waals surface area (Å²) >= 11 is 0. The quantitative estimate of drug-likeness (QED) is 0.893. The van der Waals surface area contributed by atoms with Gasteiger partial charge < -0.3 is 10.6 Å². The van der Waals surface area contributed by atoms with E-state index < -0.39 is 20.6 Å². The molecule has 1 aromatic rings. The number of benzene rings is 1. The first kappa shape index (κ1) is 14.3. The molecule has 2 atom stereocenters. The number of hydrogen-bond acceptors (Lipinski definition) is 5. The zero-order valence-corrected chi connectivity index (χ0v) is 12.6. The lowest BCUT2D eigenvalue weighted by Gasteiger charge is -2.40. The van der Waals surface area contributed by atoms with Gasteiger partial charge in [0.15, 0.2) is 15.8 Å². The van der Waals surface area contributed by atoms with Crippen LogP contribution in [0, 0.1) is 5.82 Å². The van der Waals surface area contributed by atoms with Crippen molar-refractivity contribution in [3.05, 3.63) is 30.1 Å². The van der Waals surface area contributed by atoms with Crippen molar-refractivity contribution in [1.82, 2.24) is 0 Å². The number of guanidine groups is 1. The second-order valence-electron chi connectivity index (χ2n) is 5.80. The summed E-state index contributed by atoms with van der Waals surface area (Å²) in [7, 11) is -3.21. The highest BCUT2D eigenvalue weighted by Gasteiger charge is 2.55. The van der Waals surface area contributed by atoms with Gasteiger partial charge in [0.25, 0.3) is 0 Å². The van der Waals surface area contributed by atoms with E-state index in [-0.39, 0.29) is 5.82 Å². The molecule has 2 aliphatic rings. The Balaban J connectivity index is 2.08. The SMILES string of the molecule is CS(=O)(=O)C1CCCC12CN=C(N)N2c1ccc(F)cc1. The summed E-state index contributed by atoms with van der Waals surface area (Å²) < 4.78 is 37.4. The minimum atomic E-state index is -3.21. The van der Waals surface area contributed by atoms with Gasteiger partial charge in [-0.25, -0.2) is 12.8 Å². The zero-order chi connectivity index (χ0) is 15.3. The highest BCUT2D eigenvalue weighted by atomic mass is 32.2.